The summed E-state index contributed by atoms with van der Waals surface area (Å²) in [6.45, 7) is 1.97. The fourth-order valence-corrected chi connectivity index (χ4v) is 3.89. The standard InChI is InChI=1S/C21H25N3O2/c25-21(23-20-10-2-7-17-6-1-9-19(17)20)24-12-4-8-18(14-24)26-15-16-5-3-11-22-13-16/h2-3,5,7,10-11,13,18H,1,4,6,8-9,12,14-15H2,(H,23,25)/t18-/m1/s1. The number of amides is 2. The van der Waals surface area contributed by atoms with Gasteiger partial charge in [0.1, 0.15) is 0 Å². The van der Waals surface area contributed by atoms with Crippen molar-refractivity contribution in [2.24, 2.45) is 0 Å². The SMILES string of the molecule is O=C(Nc1cccc2c1CCC2)N1CCC[C@@H](OCc2cccnc2)C1. The third kappa shape index (κ3) is 3.88. The van der Waals surface area contributed by atoms with Gasteiger partial charge in [-0.1, -0.05) is 18.2 Å². The molecule has 4 rings (SSSR count). The van der Waals surface area contributed by atoms with Crippen molar-refractivity contribution >= 4 is 11.7 Å². The Hall–Kier alpha value is -2.40. The van der Waals surface area contributed by atoms with Gasteiger partial charge in [-0.15, -0.1) is 0 Å². The van der Waals surface area contributed by atoms with Gasteiger partial charge in [0.2, 0.25) is 0 Å². The first-order valence-electron chi connectivity index (χ1n) is 9.47. The number of ether oxygens (including phenoxy) is 1. The number of piperidine rings is 1. The highest BCUT2D eigenvalue weighted by Crippen LogP contribution is 2.29. The quantitative estimate of drug-likeness (QED) is 0.912. The van der Waals surface area contributed by atoms with Crippen LogP contribution in [0, 0.1) is 0 Å². The van der Waals surface area contributed by atoms with Crippen molar-refractivity contribution < 1.29 is 9.53 Å². The summed E-state index contributed by atoms with van der Waals surface area (Å²) in [5.74, 6) is 0. The number of urea groups is 1. The van der Waals surface area contributed by atoms with Gasteiger partial charge in [-0.3, -0.25) is 4.98 Å². The maximum absolute atomic E-state index is 12.7. The zero-order valence-electron chi connectivity index (χ0n) is 15.0. The van der Waals surface area contributed by atoms with E-state index in [0.717, 1.165) is 43.5 Å². The number of aryl methyl sites for hydroxylation is 1. The number of fused-ring (bicyclic) bond motifs is 1. The number of carbonyl (C=O) groups is 1. The Morgan fingerprint density at radius 1 is 1.23 bits per heavy atom. The third-order valence-electron chi connectivity index (χ3n) is 5.26. The summed E-state index contributed by atoms with van der Waals surface area (Å²) in [4.78, 5) is 18.7. The minimum atomic E-state index is -0.0139. The molecule has 2 aliphatic rings. The van der Waals surface area contributed by atoms with Crippen LogP contribution in [-0.2, 0) is 24.2 Å². The summed E-state index contributed by atoms with van der Waals surface area (Å²) in [5.41, 5.74) is 4.72. The van der Waals surface area contributed by atoms with Crippen LogP contribution in [-0.4, -0.2) is 35.1 Å². The number of nitrogens with one attached hydrogen (secondary N) is 1. The molecule has 2 heterocycles. The molecule has 1 aromatic heterocycles. The largest absolute Gasteiger partial charge is 0.372 e. The van der Waals surface area contributed by atoms with E-state index >= 15 is 0 Å². The first kappa shape index (κ1) is 17.0. The summed E-state index contributed by atoms with van der Waals surface area (Å²) in [5, 5.41) is 3.13. The minimum absolute atomic E-state index is 0.0139. The van der Waals surface area contributed by atoms with Crippen LogP contribution in [0.4, 0.5) is 10.5 Å². The average molecular weight is 351 g/mol. The van der Waals surface area contributed by atoms with E-state index in [4.69, 9.17) is 4.74 Å². The van der Waals surface area contributed by atoms with Crippen LogP contribution >= 0.6 is 0 Å². The second-order valence-corrected chi connectivity index (χ2v) is 7.11. The predicted molar refractivity (Wildman–Crippen MR) is 101 cm³/mol. The van der Waals surface area contributed by atoms with E-state index in [1.807, 2.05) is 35.4 Å². The lowest BCUT2D eigenvalue weighted by Crippen LogP contribution is -2.45. The van der Waals surface area contributed by atoms with Crippen molar-refractivity contribution in [3.63, 3.8) is 0 Å². The smallest absolute Gasteiger partial charge is 0.321 e. The van der Waals surface area contributed by atoms with Gasteiger partial charge in [0, 0.05) is 31.2 Å². The maximum atomic E-state index is 12.7. The fourth-order valence-electron chi connectivity index (χ4n) is 3.89. The molecule has 2 aromatic rings. The number of rotatable bonds is 4. The van der Waals surface area contributed by atoms with Crippen LogP contribution in [0.3, 0.4) is 0 Å². The summed E-state index contributed by atoms with van der Waals surface area (Å²) >= 11 is 0. The molecule has 1 aliphatic heterocycles. The second-order valence-electron chi connectivity index (χ2n) is 7.11. The van der Waals surface area contributed by atoms with Crippen molar-refractivity contribution in [3.05, 3.63) is 59.4 Å². The van der Waals surface area contributed by atoms with Crippen molar-refractivity contribution in [3.8, 4) is 0 Å². The molecule has 26 heavy (non-hydrogen) atoms. The minimum Gasteiger partial charge on any atom is -0.372 e. The Morgan fingerprint density at radius 2 is 2.19 bits per heavy atom. The van der Waals surface area contributed by atoms with Gasteiger partial charge in [-0.05, 0) is 60.9 Å². The molecular formula is C21H25N3O2. The van der Waals surface area contributed by atoms with Gasteiger partial charge in [0.25, 0.3) is 0 Å². The molecule has 5 nitrogen and oxygen atoms in total. The van der Waals surface area contributed by atoms with Crippen LogP contribution in [0.2, 0.25) is 0 Å². The zero-order chi connectivity index (χ0) is 17.8. The summed E-state index contributed by atoms with van der Waals surface area (Å²) in [6, 6.07) is 10.1. The van der Waals surface area contributed by atoms with Gasteiger partial charge in [0.15, 0.2) is 0 Å². The highest BCUT2D eigenvalue weighted by molar-refractivity contribution is 5.90. The normalized spacial score (nSPS) is 19.2. The monoisotopic (exact) mass is 351 g/mol. The molecule has 1 N–H and O–H groups in total. The van der Waals surface area contributed by atoms with E-state index in [2.05, 4.69) is 16.4 Å². The van der Waals surface area contributed by atoms with Crippen molar-refractivity contribution in [2.45, 2.75) is 44.8 Å². The summed E-state index contributed by atoms with van der Waals surface area (Å²) in [6.07, 6.45) is 8.98. The Kier molecular flexibility index (Phi) is 5.16. The van der Waals surface area contributed by atoms with Crippen LogP contribution in [0.1, 0.15) is 36.0 Å². The molecule has 1 fully saturated rings. The van der Waals surface area contributed by atoms with Crippen molar-refractivity contribution in [2.75, 3.05) is 18.4 Å². The molecular weight excluding hydrogens is 326 g/mol. The Bertz CT molecular complexity index is 763. The second kappa shape index (κ2) is 7.87. The topological polar surface area (TPSA) is 54.5 Å². The van der Waals surface area contributed by atoms with Crippen LogP contribution < -0.4 is 5.32 Å². The van der Waals surface area contributed by atoms with Gasteiger partial charge in [-0.2, -0.15) is 0 Å². The molecule has 1 aliphatic carbocycles. The molecule has 0 spiro atoms. The van der Waals surface area contributed by atoms with E-state index in [1.54, 1.807) is 6.20 Å². The highest BCUT2D eigenvalue weighted by atomic mass is 16.5. The average Bonchev–Trinajstić information content (AvgIpc) is 3.17. The number of pyridine rings is 1. The van der Waals surface area contributed by atoms with E-state index in [0.29, 0.717) is 13.2 Å². The number of carbonyl (C=O) groups excluding carboxylic acids is 1. The van der Waals surface area contributed by atoms with E-state index < -0.39 is 0 Å². The Labute approximate surface area is 154 Å². The van der Waals surface area contributed by atoms with Gasteiger partial charge >= 0.3 is 6.03 Å². The van der Waals surface area contributed by atoms with E-state index in [1.165, 1.54) is 17.5 Å². The molecule has 1 aromatic carbocycles. The molecule has 136 valence electrons. The number of hydrogen-bond donors (Lipinski definition) is 1. The number of anilines is 1. The molecule has 0 radical (unpaired) electrons. The predicted octanol–water partition coefficient (Wildman–Crippen LogP) is 3.78. The van der Waals surface area contributed by atoms with Crippen molar-refractivity contribution in [1.82, 2.24) is 9.88 Å². The van der Waals surface area contributed by atoms with E-state index in [9.17, 15) is 4.79 Å². The molecule has 0 saturated carbocycles. The lowest BCUT2D eigenvalue weighted by Gasteiger charge is -2.33. The molecule has 0 unspecified atom stereocenters. The third-order valence-corrected chi connectivity index (χ3v) is 5.26. The molecule has 0 bridgehead atoms. The van der Waals surface area contributed by atoms with Crippen LogP contribution in [0.25, 0.3) is 0 Å². The lowest BCUT2D eigenvalue weighted by molar-refractivity contribution is 0.000915. The van der Waals surface area contributed by atoms with Crippen LogP contribution in [0.5, 0.6) is 0 Å². The van der Waals surface area contributed by atoms with Gasteiger partial charge < -0.3 is 15.0 Å². The number of likely N-dealkylation sites (tertiary alicyclic amines) is 1. The van der Waals surface area contributed by atoms with Gasteiger partial charge in [0.05, 0.1) is 12.7 Å². The molecule has 5 heteroatoms. The number of hydrogen-bond acceptors (Lipinski definition) is 3. The first-order chi connectivity index (χ1) is 12.8. The summed E-state index contributed by atoms with van der Waals surface area (Å²) < 4.78 is 6.01. The van der Waals surface area contributed by atoms with E-state index in [-0.39, 0.29) is 12.1 Å². The number of benzene rings is 1. The fraction of sp³-hybridized carbons (Fsp3) is 0.429. The molecule has 1 saturated heterocycles. The van der Waals surface area contributed by atoms with Crippen molar-refractivity contribution in [1.29, 1.82) is 0 Å². The molecule has 1 atom stereocenters. The Morgan fingerprint density at radius 3 is 3.08 bits per heavy atom. The van der Waals surface area contributed by atoms with Crippen LogP contribution in [0.15, 0.2) is 42.7 Å². The zero-order valence-corrected chi connectivity index (χ0v) is 15.0. The lowest BCUT2D eigenvalue weighted by atomic mass is 10.1. The number of aromatic nitrogens is 1. The highest BCUT2D eigenvalue weighted by Gasteiger charge is 2.25. The maximum Gasteiger partial charge on any atom is 0.321 e. The molecule has 2 amide bonds. The van der Waals surface area contributed by atoms with Gasteiger partial charge in [-0.25, -0.2) is 4.79 Å². The number of nitrogens with zero attached hydrogens (tertiary/aromatic N) is 2. The summed E-state index contributed by atoms with van der Waals surface area (Å²) in [7, 11) is 0. The first-order valence-corrected chi connectivity index (χ1v) is 9.47. The Balaban J connectivity index is 1.34.